The van der Waals surface area contributed by atoms with E-state index in [0.29, 0.717) is 38.6 Å². The van der Waals surface area contributed by atoms with Gasteiger partial charge < -0.3 is 19.9 Å². The van der Waals surface area contributed by atoms with Gasteiger partial charge >= 0.3 is 6.09 Å². The van der Waals surface area contributed by atoms with E-state index in [1.165, 1.54) is 18.3 Å². The molecule has 9 heteroatoms. The molecule has 0 saturated carbocycles. The number of nitrogens with one attached hydrogen (secondary N) is 1. The van der Waals surface area contributed by atoms with Gasteiger partial charge in [0.15, 0.2) is 0 Å². The summed E-state index contributed by atoms with van der Waals surface area (Å²) < 4.78 is 17.9. The molecule has 0 atom stereocenters. The molecule has 1 saturated heterocycles. The van der Waals surface area contributed by atoms with Crippen LogP contribution in [-0.2, 0) is 11.3 Å². The summed E-state index contributed by atoms with van der Waals surface area (Å²) in [7, 11) is 0. The van der Waals surface area contributed by atoms with Gasteiger partial charge in [0.05, 0.1) is 19.0 Å². The highest BCUT2D eigenvalue weighted by Gasteiger charge is 2.23. The number of nitrogens with zero attached hydrogens (tertiary/aromatic N) is 4. The third-order valence-corrected chi connectivity index (χ3v) is 4.37. The minimum Gasteiger partial charge on any atom is -0.450 e. The zero-order valence-electron chi connectivity index (χ0n) is 15.6. The zero-order chi connectivity index (χ0) is 19.9. The number of carbonyl (C=O) groups is 2. The number of carbonyl (C=O) groups excluding carboxylic acids is 2. The van der Waals surface area contributed by atoms with Gasteiger partial charge in [-0.15, -0.1) is 0 Å². The Morgan fingerprint density at radius 3 is 2.43 bits per heavy atom. The van der Waals surface area contributed by atoms with Crippen LogP contribution in [0, 0.1) is 5.82 Å². The van der Waals surface area contributed by atoms with Gasteiger partial charge in [0.2, 0.25) is 0 Å². The van der Waals surface area contributed by atoms with Gasteiger partial charge in [-0.2, -0.15) is 0 Å². The number of amides is 2. The van der Waals surface area contributed by atoms with Crippen molar-refractivity contribution < 1.29 is 18.7 Å². The van der Waals surface area contributed by atoms with E-state index >= 15 is 0 Å². The molecule has 2 amide bonds. The lowest BCUT2D eigenvalue weighted by Gasteiger charge is -2.34. The molecule has 3 rings (SSSR count). The van der Waals surface area contributed by atoms with Crippen LogP contribution in [0.4, 0.5) is 15.0 Å². The molecule has 1 aromatic carbocycles. The molecule has 0 bridgehead atoms. The van der Waals surface area contributed by atoms with E-state index in [1.54, 1.807) is 30.2 Å². The monoisotopic (exact) mass is 387 g/mol. The van der Waals surface area contributed by atoms with Crippen molar-refractivity contribution in [2.45, 2.75) is 13.5 Å². The van der Waals surface area contributed by atoms with Crippen molar-refractivity contribution in [3.63, 3.8) is 0 Å². The minimum absolute atomic E-state index is 0.205. The minimum atomic E-state index is -0.351. The number of aromatic nitrogens is 2. The van der Waals surface area contributed by atoms with Crippen molar-refractivity contribution in [1.82, 2.24) is 20.2 Å². The predicted octanol–water partition coefficient (Wildman–Crippen LogP) is 1.82. The van der Waals surface area contributed by atoms with Crippen molar-refractivity contribution in [3.8, 4) is 0 Å². The van der Waals surface area contributed by atoms with Gasteiger partial charge in [-0.05, 0) is 24.6 Å². The van der Waals surface area contributed by atoms with Gasteiger partial charge in [-0.3, -0.25) is 4.79 Å². The van der Waals surface area contributed by atoms with Crippen molar-refractivity contribution in [3.05, 3.63) is 53.7 Å². The molecule has 1 fully saturated rings. The van der Waals surface area contributed by atoms with Gasteiger partial charge in [-0.25, -0.2) is 19.2 Å². The van der Waals surface area contributed by atoms with Crippen LogP contribution in [0.25, 0.3) is 0 Å². The Bertz CT molecular complexity index is 805. The van der Waals surface area contributed by atoms with Gasteiger partial charge in [0.25, 0.3) is 5.91 Å². The summed E-state index contributed by atoms with van der Waals surface area (Å²) >= 11 is 0. The smallest absolute Gasteiger partial charge is 0.409 e. The molecular formula is C19H22FN5O3. The number of piperazine rings is 1. The Balaban J connectivity index is 1.51. The number of ether oxygens (including phenoxy) is 1. The fraction of sp³-hybridized carbons (Fsp3) is 0.368. The molecule has 0 aliphatic carbocycles. The largest absolute Gasteiger partial charge is 0.450 e. The molecule has 1 aliphatic rings. The van der Waals surface area contributed by atoms with Crippen molar-refractivity contribution in [2.75, 3.05) is 37.7 Å². The number of rotatable bonds is 5. The molecule has 0 unspecified atom stereocenters. The maximum Gasteiger partial charge on any atom is 0.409 e. The van der Waals surface area contributed by atoms with Gasteiger partial charge in [-0.1, -0.05) is 12.1 Å². The Morgan fingerprint density at radius 2 is 1.82 bits per heavy atom. The zero-order valence-corrected chi connectivity index (χ0v) is 15.6. The second-order valence-electron chi connectivity index (χ2n) is 6.24. The van der Waals surface area contributed by atoms with Crippen molar-refractivity contribution in [1.29, 1.82) is 0 Å². The number of hydrogen-bond donors (Lipinski definition) is 1. The van der Waals surface area contributed by atoms with Crippen LogP contribution >= 0.6 is 0 Å². The molecule has 28 heavy (non-hydrogen) atoms. The van der Waals surface area contributed by atoms with Crippen molar-refractivity contribution in [2.24, 2.45) is 0 Å². The maximum atomic E-state index is 12.9. The van der Waals surface area contributed by atoms with E-state index in [-0.39, 0.29) is 30.1 Å². The highest BCUT2D eigenvalue weighted by molar-refractivity contribution is 5.91. The molecule has 0 spiro atoms. The summed E-state index contributed by atoms with van der Waals surface area (Å²) in [6, 6.07) is 5.91. The van der Waals surface area contributed by atoms with E-state index in [1.807, 2.05) is 4.90 Å². The first-order valence-corrected chi connectivity index (χ1v) is 9.08. The average molecular weight is 387 g/mol. The van der Waals surface area contributed by atoms with Crippen LogP contribution < -0.4 is 10.2 Å². The maximum absolute atomic E-state index is 12.9. The third-order valence-electron chi connectivity index (χ3n) is 4.37. The fourth-order valence-corrected chi connectivity index (χ4v) is 2.81. The Kier molecular flexibility index (Phi) is 6.36. The number of anilines is 1. The number of hydrogen-bond acceptors (Lipinski definition) is 6. The lowest BCUT2D eigenvalue weighted by atomic mass is 10.2. The van der Waals surface area contributed by atoms with Crippen LogP contribution in [0.15, 0.2) is 36.7 Å². The first kappa shape index (κ1) is 19.5. The molecule has 148 valence electrons. The third kappa shape index (κ3) is 4.93. The Labute approximate surface area is 162 Å². The number of halogens is 1. The molecular weight excluding hydrogens is 365 g/mol. The van der Waals surface area contributed by atoms with Crippen LogP contribution in [0.2, 0.25) is 0 Å². The lowest BCUT2D eigenvalue weighted by molar-refractivity contribution is 0.0944. The van der Waals surface area contributed by atoms with E-state index in [9.17, 15) is 14.0 Å². The SMILES string of the molecule is CCOC(=O)N1CCN(c2cnc(C(=O)NCc3ccc(F)cc3)cn2)CC1. The van der Waals surface area contributed by atoms with Crippen LogP contribution in [0.1, 0.15) is 23.0 Å². The second-order valence-corrected chi connectivity index (χ2v) is 6.24. The van der Waals surface area contributed by atoms with E-state index in [4.69, 9.17) is 4.74 Å². The molecule has 2 heterocycles. The molecule has 1 N–H and O–H groups in total. The summed E-state index contributed by atoms with van der Waals surface area (Å²) in [5.74, 6) is -0.0197. The van der Waals surface area contributed by atoms with Gasteiger partial charge in [0, 0.05) is 32.7 Å². The van der Waals surface area contributed by atoms with Crippen LogP contribution in [0.3, 0.4) is 0 Å². The average Bonchev–Trinajstić information content (AvgIpc) is 2.73. The first-order chi connectivity index (χ1) is 13.6. The van der Waals surface area contributed by atoms with Gasteiger partial charge in [0.1, 0.15) is 17.3 Å². The van der Waals surface area contributed by atoms with E-state index in [0.717, 1.165) is 5.56 Å². The summed E-state index contributed by atoms with van der Waals surface area (Å²) in [6.45, 7) is 4.72. The summed E-state index contributed by atoms with van der Waals surface area (Å²) in [5, 5.41) is 2.73. The molecule has 8 nitrogen and oxygen atoms in total. The summed E-state index contributed by atoms with van der Waals surface area (Å²) in [4.78, 5) is 36.1. The normalized spacial score (nSPS) is 13.9. The second kappa shape index (κ2) is 9.12. The number of benzene rings is 1. The molecule has 0 radical (unpaired) electrons. The quantitative estimate of drug-likeness (QED) is 0.842. The Morgan fingerprint density at radius 1 is 1.11 bits per heavy atom. The Hall–Kier alpha value is -3.23. The fourth-order valence-electron chi connectivity index (χ4n) is 2.81. The highest BCUT2D eigenvalue weighted by Crippen LogP contribution is 2.13. The van der Waals surface area contributed by atoms with Crippen LogP contribution in [0.5, 0.6) is 0 Å². The molecule has 1 aromatic heterocycles. The van der Waals surface area contributed by atoms with Crippen molar-refractivity contribution >= 4 is 17.8 Å². The summed E-state index contributed by atoms with van der Waals surface area (Å²) in [5.41, 5.74) is 0.995. The first-order valence-electron chi connectivity index (χ1n) is 9.08. The standard InChI is InChI=1S/C19H22FN5O3/c1-2-28-19(27)25-9-7-24(8-10-25)17-13-21-16(12-22-17)18(26)23-11-14-3-5-15(20)6-4-14/h3-6,12-13H,2,7-11H2,1H3,(H,23,26). The topological polar surface area (TPSA) is 87.7 Å². The highest BCUT2D eigenvalue weighted by atomic mass is 19.1. The van der Waals surface area contributed by atoms with E-state index in [2.05, 4.69) is 15.3 Å². The summed E-state index contributed by atoms with van der Waals surface area (Å²) in [6.07, 6.45) is 2.67. The predicted molar refractivity (Wildman–Crippen MR) is 100 cm³/mol. The molecule has 1 aliphatic heterocycles. The lowest BCUT2D eigenvalue weighted by Crippen LogP contribution is -2.49. The van der Waals surface area contributed by atoms with E-state index < -0.39 is 0 Å². The van der Waals surface area contributed by atoms with Crippen LogP contribution in [-0.4, -0.2) is 59.7 Å². The molecule has 2 aromatic rings.